The van der Waals surface area contributed by atoms with Gasteiger partial charge >= 0.3 is 0 Å². The van der Waals surface area contributed by atoms with Gasteiger partial charge in [0.25, 0.3) is 0 Å². The molecule has 3 nitrogen and oxygen atoms in total. The van der Waals surface area contributed by atoms with Crippen LogP contribution in [-0.2, 0) is 4.79 Å². The third kappa shape index (κ3) is 2.10. The minimum absolute atomic E-state index is 0.184. The Kier molecular flexibility index (Phi) is 3.53. The molecule has 3 unspecified atom stereocenters. The summed E-state index contributed by atoms with van der Waals surface area (Å²) in [6, 6.07) is -0.288. The van der Waals surface area contributed by atoms with Gasteiger partial charge in [0.2, 0.25) is 5.91 Å². The second-order valence-corrected chi connectivity index (χ2v) is 5.61. The lowest BCUT2D eigenvalue weighted by atomic mass is 9.99. The van der Waals surface area contributed by atoms with Crippen molar-refractivity contribution in [3.63, 3.8) is 0 Å². The standard InChI is InChI=1S/C13H24N2O/c1-3-9(2)12(14)13(16)15-7-10-5-4-6-11(10)8-15/h9-12H,3-8,14H2,1-2H3/t9?,10?,11?,12-/m0/s1. The Morgan fingerprint density at radius 2 is 1.94 bits per heavy atom. The summed E-state index contributed by atoms with van der Waals surface area (Å²) < 4.78 is 0. The van der Waals surface area contributed by atoms with Crippen molar-refractivity contribution in [1.82, 2.24) is 4.90 Å². The zero-order valence-corrected chi connectivity index (χ0v) is 10.5. The van der Waals surface area contributed by atoms with E-state index in [9.17, 15) is 4.79 Å². The van der Waals surface area contributed by atoms with Crippen molar-refractivity contribution in [2.24, 2.45) is 23.5 Å². The molecule has 2 N–H and O–H groups in total. The van der Waals surface area contributed by atoms with E-state index in [0.29, 0.717) is 5.92 Å². The molecule has 0 radical (unpaired) electrons. The normalized spacial score (nSPS) is 32.6. The first-order valence-corrected chi connectivity index (χ1v) is 6.67. The highest BCUT2D eigenvalue weighted by molar-refractivity contribution is 5.82. The molecule has 0 aromatic carbocycles. The third-order valence-corrected chi connectivity index (χ3v) is 4.58. The van der Waals surface area contributed by atoms with E-state index in [1.54, 1.807) is 0 Å². The molecular weight excluding hydrogens is 200 g/mol. The summed E-state index contributed by atoms with van der Waals surface area (Å²) >= 11 is 0. The Bertz CT molecular complexity index is 255. The monoisotopic (exact) mass is 224 g/mol. The van der Waals surface area contributed by atoms with Gasteiger partial charge in [0.1, 0.15) is 0 Å². The lowest BCUT2D eigenvalue weighted by Crippen LogP contribution is -2.46. The second kappa shape index (κ2) is 4.74. The molecule has 1 amide bonds. The molecule has 0 aromatic heterocycles. The van der Waals surface area contributed by atoms with E-state index < -0.39 is 0 Å². The Balaban J connectivity index is 1.91. The van der Waals surface area contributed by atoms with Crippen LogP contribution in [0.25, 0.3) is 0 Å². The summed E-state index contributed by atoms with van der Waals surface area (Å²) in [4.78, 5) is 14.2. The van der Waals surface area contributed by atoms with Gasteiger partial charge in [-0.25, -0.2) is 0 Å². The highest BCUT2D eigenvalue weighted by atomic mass is 16.2. The van der Waals surface area contributed by atoms with Crippen LogP contribution in [0.15, 0.2) is 0 Å². The minimum Gasteiger partial charge on any atom is -0.341 e. The number of carbonyl (C=O) groups is 1. The predicted octanol–water partition coefficient (Wildman–Crippen LogP) is 1.62. The molecule has 2 fully saturated rings. The van der Waals surface area contributed by atoms with E-state index >= 15 is 0 Å². The van der Waals surface area contributed by atoms with Gasteiger partial charge < -0.3 is 10.6 Å². The molecule has 2 aliphatic rings. The summed E-state index contributed by atoms with van der Waals surface area (Å²) in [6.07, 6.45) is 4.96. The Morgan fingerprint density at radius 3 is 2.44 bits per heavy atom. The first-order chi connectivity index (χ1) is 7.63. The van der Waals surface area contributed by atoms with Crippen molar-refractivity contribution >= 4 is 5.91 Å². The number of carbonyl (C=O) groups excluding carboxylic acids is 1. The average Bonchev–Trinajstić information content (AvgIpc) is 2.85. The summed E-state index contributed by atoms with van der Waals surface area (Å²) in [5.41, 5.74) is 6.01. The van der Waals surface area contributed by atoms with Crippen molar-refractivity contribution in [3.8, 4) is 0 Å². The van der Waals surface area contributed by atoms with Gasteiger partial charge in [-0.2, -0.15) is 0 Å². The molecule has 0 spiro atoms. The SMILES string of the molecule is CCC(C)[C@H](N)C(=O)N1CC2CCCC2C1. The quantitative estimate of drug-likeness (QED) is 0.792. The predicted molar refractivity (Wildman–Crippen MR) is 64.8 cm³/mol. The van der Waals surface area contributed by atoms with E-state index in [1.165, 1.54) is 19.3 Å². The Morgan fingerprint density at radius 1 is 1.38 bits per heavy atom. The molecule has 1 heterocycles. The molecule has 0 bridgehead atoms. The van der Waals surface area contributed by atoms with E-state index in [2.05, 4.69) is 13.8 Å². The molecule has 16 heavy (non-hydrogen) atoms. The van der Waals surface area contributed by atoms with Crippen molar-refractivity contribution < 1.29 is 4.79 Å². The third-order valence-electron chi connectivity index (χ3n) is 4.58. The Labute approximate surface area is 98.4 Å². The highest BCUT2D eigenvalue weighted by Gasteiger charge is 2.39. The van der Waals surface area contributed by atoms with Crippen LogP contribution >= 0.6 is 0 Å². The van der Waals surface area contributed by atoms with Crippen LogP contribution in [-0.4, -0.2) is 29.9 Å². The molecule has 92 valence electrons. The maximum atomic E-state index is 12.2. The van der Waals surface area contributed by atoms with Crippen LogP contribution in [0.1, 0.15) is 39.5 Å². The van der Waals surface area contributed by atoms with Gasteiger partial charge in [0, 0.05) is 13.1 Å². The van der Waals surface area contributed by atoms with Crippen LogP contribution in [0.2, 0.25) is 0 Å². The van der Waals surface area contributed by atoms with Crippen molar-refractivity contribution in [2.75, 3.05) is 13.1 Å². The maximum absolute atomic E-state index is 12.2. The molecule has 1 aliphatic carbocycles. The summed E-state index contributed by atoms with van der Waals surface area (Å²) in [5, 5.41) is 0. The van der Waals surface area contributed by atoms with Crippen molar-refractivity contribution in [1.29, 1.82) is 0 Å². The van der Waals surface area contributed by atoms with Crippen LogP contribution in [0, 0.1) is 17.8 Å². The Hall–Kier alpha value is -0.570. The van der Waals surface area contributed by atoms with Gasteiger partial charge in [-0.1, -0.05) is 26.7 Å². The summed E-state index contributed by atoms with van der Waals surface area (Å²) in [5.74, 6) is 2.03. The fraction of sp³-hybridized carbons (Fsp3) is 0.923. The fourth-order valence-corrected chi connectivity index (χ4v) is 3.12. The molecule has 1 aliphatic heterocycles. The van der Waals surface area contributed by atoms with Gasteiger partial charge in [-0.3, -0.25) is 4.79 Å². The summed E-state index contributed by atoms with van der Waals surface area (Å²) in [6.45, 7) is 6.09. The van der Waals surface area contributed by atoms with Gasteiger partial charge in [-0.05, 0) is 30.6 Å². The van der Waals surface area contributed by atoms with Gasteiger partial charge in [0.15, 0.2) is 0 Å². The lowest BCUT2D eigenvalue weighted by molar-refractivity contribution is -0.133. The number of hydrogen-bond donors (Lipinski definition) is 1. The molecule has 1 saturated heterocycles. The smallest absolute Gasteiger partial charge is 0.239 e. The van der Waals surface area contributed by atoms with Crippen molar-refractivity contribution in [3.05, 3.63) is 0 Å². The fourth-order valence-electron chi connectivity index (χ4n) is 3.12. The van der Waals surface area contributed by atoms with Crippen molar-refractivity contribution in [2.45, 2.75) is 45.6 Å². The zero-order valence-electron chi connectivity index (χ0n) is 10.5. The minimum atomic E-state index is -0.288. The largest absolute Gasteiger partial charge is 0.341 e. The topological polar surface area (TPSA) is 46.3 Å². The number of likely N-dealkylation sites (tertiary alicyclic amines) is 1. The molecule has 2 rings (SSSR count). The maximum Gasteiger partial charge on any atom is 0.239 e. The number of nitrogens with two attached hydrogens (primary N) is 1. The zero-order chi connectivity index (χ0) is 11.7. The number of nitrogens with zero attached hydrogens (tertiary/aromatic N) is 1. The first-order valence-electron chi connectivity index (χ1n) is 6.67. The van der Waals surface area contributed by atoms with E-state index in [1.807, 2.05) is 4.90 Å². The van der Waals surface area contributed by atoms with Crippen LogP contribution in [0.5, 0.6) is 0 Å². The van der Waals surface area contributed by atoms with E-state index in [-0.39, 0.29) is 11.9 Å². The summed E-state index contributed by atoms with van der Waals surface area (Å²) in [7, 11) is 0. The van der Waals surface area contributed by atoms with E-state index in [4.69, 9.17) is 5.73 Å². The number of fused-ring (bicyclic) bond motifs is 1. The molecule has 1 saturated carbocycles. The van der Waals surface area contributed by atoms with Gasteiger partial charge in [0.05, 0.1) is 6.04 Å². The highest BCUT2D eigenvalue weighted by Crippen LogP contribution is 2.37. The number of hydrogen-bond acceptors (Lipinski definition) is 2. The molecule has 3 heteroatoms. The first kappa shape index (κ1) is 11.9. The van der Waals surface area contributed by atoms with Crippen LogP contribution in [0.4, 0.5) is 0 Å². The number of amides is 1. The van der Waals surface area contributed by atoms with Crippen LogP contribution < -0.4 is 5.73 Å². The van der Waals surface area contributed by atoms with E-state index in [0.717, 1.165) is 31.3 Å². The van der Waals surface area contributed by atoms with Gasteiger partial charge in [-0.15, -0.1) is 0 Å². The van der Waals surface area contributed by atoms with Crippen LogP contribution in [0.3, 0.4) is 0 Å². The molecule has 0 aromatic rings. The second-order valence-electron chi connectivity index (χ2n) is 5.61. The lowest BCUT2D eigenvalue weighted by Gasteiger charge is -2.24. The molecular formula is C13H24N2O. The number of rotatable bonds is 3. The molecule has 4 atom stereocenters. The average molecular weight is 224 g/mol.